The highest BCUT2D eigenvalue weighted by Gasteiger charge is 2.20. The van der Waals surface area contributed by atoms with Crippen molar-refractivity contribution in [2.24, 2.45) is 5.73 Å². The van der Waals surface area contributed by atoms with Gasteiger partial charge in [0.05, 0.1) is 19.3 Å². The standard InChI is InChI=1S/C18H16F3NO3.C10H10F3NO2/c19-14-10-16(21)15(20)8-12(14)7-13(9-18(24)25)22-17(23)6-11-4-2-1-3-5-11;11-7-4-9(13)8(12)2-5(7)1-6(14)3-10(15)16/h1-5,8,10,13H,6-7,9H2,(H,22,23)(H,24,25);2,4,6H,1,3,14H2,(H,15,16). The van der Waals surface area contributed by atoms with E-state index in [2.05, 4.69) is 5.32 Å². The van der Waals surface area contributed by atoms with Crippen LogP contribution in [0, 0.1) is 34.9 Å². The number of rotatable bonds is 11. The topological polar surface area (TPSA) is 130 Å². The van der Waals surface area contributed by atoms with Gasteiger partial charge in [-0.3, -0.25) is 14.4 Å². The van der Waals surface area contributed by atoms with Crippen LogP contribution in [0.25, 0.3) is 0 Å². The molecule has 3 rings (SSSR count). The van der Waals surface area contributed by atoms with Crippen LogP contribution in [-0.4, -0.2) is 40.1 Å². The molecule has 41 heavy (non-hydrogen) atoms. The molecule has 2 unspecified atom stereocenters. The van der Waals surface area contributed by atoms with E-state index in [0.29, 0.717) is 24.3 Å². The summed E-state index contributed by atoms with van der Waals surface area (Å²) in [5.41, 5.74) is 5.79. The molecule has 5 N–H and O–H groups in total. The molecule has 1 amide bonds. The van der Waals surface area contributed by atoms with Gasteiger partial charge in [0.1, 0.15) is 11.6 Å². The molecule has 0 heterocycles. The van der Waals surface area contributed by atoms with E-state index >= 15 is 0 Å². The summed E-state index contributed by atoms with van der Waals surface area (Å²) in [6, 6.07) is 9.16. The van der Waals surface area contributed by atoms with E-state index in [1.165, 1.54) is 0 Å². The number of nitrogens with one attached hydrogen (secondary N) is 1. The van der Waals surface area contributed by atoms with Crippen molar-refractivity contribution in [3.63, 3.8) is 0 Å². The fourth-order valence-electron chi connectivity index (χ4n) is 3.73. The minimum absolute atomic E-state index is 0.0250. The van der Waals surface area contributed by atoms with Crippen molar-refractivity contribution in [3.05, 3.63) is 106 Å². The van der Waals surface area contributed by atoms with Crippen molar-refractivity contribution in [1.29, 1.82) is 0 Å². The zero-order valence-electron chi connectivity index (χ0n) is 21.4. The van der Waals surface area contributed by atoms with Gasteiger partial charge < -0.3 is 21.3 Å². The number of aliphatic carboxylic acids is 2. The van der Waals surface area contributed by atoms with Crippen LogP contribution in [0.5, 0.6) is 0 Å². The Morgan fingerprint density at radius 1 is 0.683 bits per heavy atom. The zero-order chi connectivity index (χ0) is 30.7. The smallest absolute Gasteiger partial charge is 0.305 e. The molecule has 0 radical (unpaired) electrons. The number of carboxylic acids is 2. The number of hydrogen-bond acceptors (Lipinski definition) is 4. The first kappa shape index (κ1) is 32.8. The Morgan fingerprint density at radius 2 is 1.15 bits per heavy atom. The molecule has 0 spiro atoms. The second-order valence-corrected chi connectivity index (χ2v) is 9.01. The van der Waals surface area contributed by atoms with Crippen molar-refractivity contribution >= 4 is 17.8 Å². The lowest BCUT2D eigenvalue weighted by Gasteiger charge is -2.18. The molecular formula is C28H26F6N2O5. The Morgan fingerprint density at radius 3 is 1.63 bits per heavy atom. The van der Waals surface area contributed by atoms with Gasteiger partial charge in [-0.1, -0.05) is 30.3 Å². The van der Waals surface area contributed by atoms with Crippen molar-refractivity contribution in [2.75, 3.05) is 0 Å². The Bertz CT molecular complexity index is 1370. The Labute approximate surface area is 230 Å². The highest BCUT2D eigenvalue weighted by atomic mass is 19.2. The summed E-state index contributed by atoms with van der Waals surface area (Å²) in [5.74, 6) is -9.73. The molecule has 0 aromatic heterocycles. The number of nitrogens with two attached hydrogens (primary N) is 1. The van der Waals surface area contributed by atoms with Crippen LogP contribution in [0.3, 0.4) is 0 Å². The highest BCUT2D eigenvalue weighted by molar-refractivity contribution is 5.79. The van der Waals surface area contributed by atoms with E-state index in [4.69, 9.17) is 15.9 Å². The van der Waals surface area contributed by atoms with Crippen LogP contribution < -0.4 is 11.1 Å². The Hall–Kier alpha value is -4.39. The lowest BCUT2D eigenvalue weighted by molar-refractivity contribution is -0.138. The molecule has 0 saturated heterocycles. The molecular weight excluding hydrogens is 558 g/mol. The molecule has 0 aliphatic carbocycles. The molecule has 0 saturated carbocycles. The van der Waals surface area contributed by atoms with E-state index in [1.807, 2.05) is 0 Å². The van der Waals surface area contributed by atoms with Gasteiger partial charge in [0, 0.05) is 24.2 Å². The summed E-state index contributed by atoms with van der Waals surface area (Å²) in [7, 11) is 0. The van der Waals surface area contributed by atoms with Gasteiger partial charge in [0.2, 0.25) is 5.91 Å². The molecule has 0 aliphatic rings. The predicted octanol–water partition coefficient (Wildman–Crippen LogP) is 4.30. The molecule has 0 bridgehead atoms. The van der Waals surface area contributed by atoms with Gasteiger partial charge in [-0.15, -0.1) is 0 Å². The first-order chi connectivity index (χ1) is 19.2. The van der Waals surface area contributed by atoms with E-state index in [1.54, 1.807) is 30.3 Å². The van der Waals surface area contributed by atoms with Crippen molar-refractivity contribution in [1.82, 2.24) is 5.32 Å². The monoisotopic (exact) mass is 584 g/mol. The summed E-state index contributed by atoms with van der Waals surface area (Å²) in [6.07, 6.45) is -1.24. The third-order valence-corrected chi connectivity index (χ3v) is 5.56. The van der Waals surface area contributed by atoms with Gasteiger partial charge in [-0.25, -0.2) is 26.3 Å². The van der Waals surface area contributed by atoms with Gasteiger partial charge >= 0.3 is 11.9 Å². The maximum atomic E-state index is 13.7. The molecule has 3 aromatic carbocycles. The quantitative estimate of drug-likeness (QED) is 0.197. The van der Waals surface area contributed by atoms with Gasteiger partial charge in [-0.05, 0) is 41.7 Å². The van der Waals surface area contributed by atoms with Crippen LogP contribution in [-0.2, 0) is 33.6 Å². The number of amides is 1. The summed E-state index contributed by atoms with van der Waals surface area (Å²) >= 11 is 0. The van der Waals surface area contributed by atoms with Crippen molar-refractivity contribution in [2.45, 2.75) is 44.2 Å². The minimum atomic E-state index is -1.33. The third-order valence-electron chi connectivity index (χ3n) is 5.56. The number of halogens is 6. The van der Waals surface area contributed by atoms with Gasteiger partial charge in [-0.2, -0.15) is 0 Å². The summed E-state index contributed by atoms with van der Waals surface area (Å²) < 4.78 is 78.5. The van der Waals surface area contributed by atoms with Crippen LogP contribution in [0.2, 0.25) is 0 Å². The van der Waals surface area contributed by atoms with Crippen LogP contribution in [0.1, 0.15) is 29.5 Å². The third kappa shape index (κ3) is 11.3. The second kappa shape index (κ2) is 15.4. The zero-order valence-corrected chi connectivity index (χ0v) is 21.4. The van der Waals surface area contributed by atoms with Crippen molar-refractivity contribution < 1.29 is 50.9 Å². The van der Waals surface area contributed by atoms with Crippen LogP contribution >= 0.6 is 0 Å². The van der Waals surface area contributed by atoms with Gasteiger partial charge in [0.25, 0.3) is 0 Å². The normalized spacial score (nSPS) is 12.1. The molecule has 0 fully saturated rings. The number of carbonyl (C=O) groups is 3. The van der Waals surface area contributed by atoms with Crippen LogP contribution in [0.4, 0.5) is 26.3 Å². The van der Waals surface area contributed by atoms with Crippen molar-refractivity contribution in [3.8, 4) is 0 Å². The molecule has 13 heteroatoms. The molecule has 0 aliphatic heterocycles. The number of carboxylic acid groups (broad SMARTS) is 2. The summed E-state index contributed by atoms with van der Waals surface area (Å²) in [5, 5.41) is 19.9. The molecule has 2 atom stereocenters. The van der Waals surface area contributed by atoms with Crippen LogP contribution in [0.15, 0.2) is 54.6 Å². The Kier molecular flexibility index (Phi) is 12.3. The fraction of sp³-hybridized carbons (Fsp3) is 0.250. The average Bonchev–Trinajstić information content (AvgIpc) is 2.86. The highest BCUT2D eigenvalue weighted by Crippen LogP contribution is 2.17. The number of carbonyl (C=O) groups excluding carboxylic acids is 1. The van der Waals surface area contributed by atoms with E-state index in [-0.39, 0.29) is 36.8 Å². The first-order valence-electron chi connectivity index (χ1n) is 12.0. The SMILES string of the molecule is NC(CC(=O)O)Cc1cc(F)c(F)cc1F.O=C(O)CC(Cc1cc(F)c(F)cc1F)NC(=O)Cc1ccccc1. The second-order valence-electron chi connectivity index (χ2n) is 9.01. The maximum Gasteiger partial charge on any atom is 0.305 e. The summed E-state index contributed by atoms with van der Waals surface area (Å²) in [4.78, 5) is 33.3. The summed E-state index contributed by atoms with van der Waals surface area (Å²) in [6.45, 7) is 0. The predicted molar refractivity (Wildman–Crippen MR) is 135 cm³/mol. The molecule has 3 aromatic rings. The minimum Gasteiger partial charge on any atom is -0.481 e. The van der Waals surface area contributed by atoms with E-state index in [0.717, 1.165) is 5.56 Å². The van der Waals surface area contributed by atoms with Gasteiger partial charge in [0.15, 0.2) is 23.3 Å². The number of hydrogen-bond donors (Lipinski definition) is 4. The molecule has 7 nitrogen and oxygen atoms in total. The number of benzene rings is 3. The van der Waals surface area contributed by atoms with E-state index in [9.17, 15) is 40.7 Å². The molecule has 220 valence electrons. The maximum absolute atomic E-state index is 13.7. The lowest BCUT2D eigenvalue weighted by Crippen LogP contribution is -2.39. The Balaban J connectivity index is 0.000000317. The first-order valence-corrected chi connectivity index (χ1v) is 12.0. The average molecular weight is 585 g/mol. The van der Waals surface area contributed by atoms with E-state index < -0.39 is 71.3 Å². The lowest BCUT2D eigenvalue weighted by atomic mass is 10.0. The fourth-order valence-corrected chi connectivity index (χ4v) is 3.73. The largest absolute Gasteiger partial charge is 0.481 e.